The molecule has 0 aromatic heterocycles. The number of hydrogen-bond acceptors (Lipinski definition) is 21. The van der Waals surface area contributed by atoms with Gasteiger partial charge in [0.15, 0.2) is 18.9 Å². The van der Waals surface area contributed by atoms with Crippen LogP contribution in [0.2, 0.25) is 0 Å². The highest BCUT2D eigenvalue weighted by Crippen LogP contribution is 2.53. The molecule has 0 amide bonds. The molecule has 0 rings (SSSR count). The lowest BCUT2D eigenvalue weighted by atomic mass is 9.57. The minimum atomic E-state index is -1.36. The maximum atomic E-state index is 10.9. The first-order valence-corrected chi connectivity index (χ1v) is 30.8. The van der Waals surface area contributed by atoms with Crippen LogP contribution < -0.4 is 21.7 Å². The first kappa shape index (κ1) is 191. The molecule has 0 heterocycles. The Bertz CT molecular complexity index is 1170. The number of hydrogen-bond donors (Lipinski definition) is 17. The minimum absolute atomic E-state index is 0. The van der Waals surface area contributed by atoms with E-state index in [0.29, 0.717) is 122 Å². The van der Waals surface area contributed by atoms with Gasteiger partial charge >= 0.3 is 0 Å². The summed E-state index contributed by atoms with van der Waals surface area (Å²) in [7, 11) is 0. The molecule has 0 bridgehead atoms. The van der Waals surface area contributed by atoms with E-state index in [-0.39, 0.29) is 261 Å². The molecule has 0 saturated carbocycles. The van der Waals surface area contributed by atoms with E-state index in [0.717, 1.165) is 96.3 Å². The van der Waals surface area contributed by atoms with Gasteiger partial charge < -0.3 is 91.1 Å². The molecule has 0 aromatic carbocycles. The highest BCUT2D eigenvalue weighted by molar-refractivity contribution is 4.94. The van der Waals surface area contributed by atoms with Crippen LogP contribution in [0.1, 0.15) is 381 Å². The zero-order valence-electron chi connectivity index (χ0n) is 50.6. The Morgan fingerprint density at radius 1 is 0.250 bits per heavy atom. The summed E-state index contributed by atoms with van der Waals surface area (Å²) in [5.41, 5.74) is 4.81. The first-order chi connectivity index (χ1) is 38.0. The van der Waals surface area contributed by atoms with Crippen molar-refractivity contribution in [3.63, 3.8) is 0 Å². The van der Waals surface area contributed by atoms with E-state index in [4.69, 9.17) is 45.1 Å². The molecular formula is C83H226N4O17. The van der Waals surface area contributed by atoms with Crippen molar-refractivity contribution in [2.45, 2.75) is 419 Å². The van der Waals surface area contributed by atoms with Gasteiger partial charge in [0.2, 0.25) is 0 Å². The van der Waals surface area contributed by atoms with Crippen LogP contribution in [0, 0.1) is 34.5 Å². The third-order valence-corrected chi connectivity index (χ3v) is 15.2. The molecular weight excluding hydrogens is 1320 g/mol. The van der Waals surface area contributed by atoms with Crippen LogP contribution >= 0.6 is 0 Å². The van der Waals surface area contributed by atoms with Crippen LogP contribution in [0.4, 0.5) is 0 Å². The molecule has 21 heteroatoms. The first-order valence-electron chi connectivity index (χ1n) is 30.8. The summed E-state index contributed by atoms with van der Waals surface area (Å²) < 4.78 is 20.7. The topological polar surface area (TPSA) is 362 Å². The molecule has 0 aromatic rings. The lowest BCUT2D eigenvalue weighted by Gasteiger charge is -2.49. The quantitative estimate of drug-likeness (QED) is 0.0199. The predicted molar refractivity (Wildman–Crippen MR) is 479 cm³/mol. The number of aliphatic hydroxyl groups is 13. The fourth-order valence-corrected chi connectivity index (χ4v) is 11.9. The predicted octanol–water partition coefficient (Wildman–Crippen LogP) is 19.4. The Kier molecular flexibility index (Phi) is 247. The third-order valence-electron chi connectivity index (χ3n) is 15.2. The summed E-state index contributed by atoms with van der Waals surface area (Å²) >= 11 is 0. The van der Waals surface area contributed by atoms with Crippen LogP contribution in [0.3, 0.4) is 0 Å². The molecule has 0 spiro atoms. The van der Waals surface area contributed by atoms with Gasteiger partial charge in [-0.1, -0.05) is 291 Å². The molecule has 0 fully saturated rings. The maximum absolute atomic E-state index is 10.9. The van der Waals surface area contributed by atoms with Gasteiger partial charge in [0.1, 0.15) is 18.7 Å². The van der Waals surface area contributed by atoms with E-state index in [1.165, 1.54) is 0 Å². The molecule has 0 aliphatic heterocycles. The normalized spacial score (nSPS) is 12.3. The van der Waals surface area contributed by atoms with Crippen molar-refractivity contribution in [1.82, 2.24) is 16.0 Å². The van der Waals surface area contributed by atoms with Crippen molar-refractivity contribution >= 4 is 0 Å². The third kappa shape index (κ3) is 101. The van der Waals surface area contributed by atoms with Crippen LogP contribution in [0.15, 0.2) is 0 Å². The van der Waals surface area contributed by atoms with Gasteiger partial charge in [-0.25, -0.2) is 0 Å². The van der Waals surface area contributed by atoms with Crippen LogP contribution in [0.25, 0.3) is 0 Å². The monoisotopic (exact) mass is 1550 g/mol. The van der Waals surface area contributed by atoms with E-state index in [2.05, 4.69) is 57.5 Å². The van der Waals surface area contributed by atoms with Gasteiger partial charge in [0.25, 0.3) is 0 Å². The smallest absolute Gasteiger partial charge is 0.151 e. The van der Waals surface area contributed by atoms with Gasteiger partial charge in [-0.15, -0.1) is 0 Å². The van der Waals surface area contributed by atoms with Crippen molar-refractivity contribution in [2.75, 3.05) is 105 Å². The average molecular weight is 1550 g/mol. The summed E-state index contributed by atoms with van der Waals surface area (Å²) in [5, 5.41) is 134. The highest BCUT2D eigenvalue weighted by Gasteiger charge is 2.45. The molecule has 21 nitrogen and oxygen atoms in total. The summed E-state index contributed by atoms with van der Waals surface area (Å²) in [5.74, 6) is 1.13. The summed E-state index contributed by atoms with van der Waals surface area (Å²) in [6, 6.07) is 0. The van der Waals surface area contributed by atoms with Crippen molar-refractivity contribution in [3.8, 4) is 0 Å². The van der Waals surface area contributed by atoms with Gasteiger partial charge in [0, 0.05) is 26.2 Å². The molecule has 680 valence electrons. The summed E-state index contributed by atoms with van der Waals surface area (Å²) in [6.45, 7) is 18.1. The second-order valence-corrected chi connectivity index (χ2v) is 21.3. The summed E-state index contributed by atoms with van der Waals surface area (Å²) in [6.07, 6.45) is 13.0. The molecule has 18 N–H and O–H groups in total. The number of nitrogens with two attached hydrogens (primary N) is 1. The van der Waals surface area contributed by atoms with E-state index < -0.39 is 37.6 Å². The second kappa shape index (κ2) is 135. The molecule has 7 unspecified atom stereocenters. The van der Waals surface area contributed by atoms with Crippen LogP contribution in [0.5, 0.6) is 0 Å². The lowest BCUT2D eigenvalue weighted by molar-refractivity contribution is -0.0858. The molecule has 0 aliphatic rings. The number of rotatable bonds is 56. The Morgan fingerprint density at radius 2 is 0.462 bits per heavy atom. The van der Waals surface area contributed by atoms with E-state index in [9.17, 15) is 46.0 Å². The van der Waals surface area contributed by atoms with Gasteiger partial charge in [-0.3, -0.25) is 16.0 Å². The molecule has 7 atom stereocenters. The van der Waals surface area contributed by atoms with Crippen LogP contribution in [-0.4, -0.2) is 209 Å². The largest absolute Gasteiger partial charge is 0.394 e. The zero-order chi connectivity index (χ0) is 60.0. The standard InChI is InChI=1S/C33H71N3O9.C21H44O6.C4H11NO2.25CH4/c1-4-7-28(9-11-30(40)34-16-22-43-25-19-37)33(14-6-3,15-13-32(42)36-18-24-45-27-21-39)29(8-5-2)10-12-31(41)35-17-23-44-26-20-38;1-4-7-16(9-11-18(22)23)21(14-6-3,15-13-20(26)27)17(8-5-2)10-12-19(24)25;5-1-3-7-4-2-6;;;;;;;;;;;;;;;;;;;;;;;;;/h28-32,34-42H,4-27H2,1-3H3;16-20,22-27H,4-15H2,1-3H3;6H,1-5H2;25*1H4. The fourth-order valence-electron chi connectivity index (χ4n) is 11.9. The number of nitrogens with one attached hydrogen (secondary N) is 3. The van der Waals surface area contributed by atoms with Gasteiger partial charge in [-0.05, 0) is 124 Å². The van der Waals surface area contributed by atoms with Gasteiger partial charge in [0.05, 0.1) is 79.3 Å². The number of ether oxygens (including phenoxy) is 4. The van der Waals surface area contributed by atoms with Crippen molar-refractivity contribution in [2.24, 2.45) is 40.2 Å². The Hall–Kier alpha value is -0.840. The molecule has 0 radical (unpaired) electrons. The van der Waals surface area contributed by atoms with Crippen molar-refractivity contribution < 1.29 is 85.3 Å². The van der Waals surface area contributed by atoms with Crippen molar-refractivity contribution in [3.05, 3.63) is 0 Å². The minimum Gasteiger partial charge on any atom is -0.394 e. The number of aliphatic hydroxyl groups excluding tert-OH is 10. The highest BCUT2D eigenvalue weighted by atomic mass is 16.5. The molecule has 0 aliphatic carbocycles. The molecule has 104 heavy (non-hydrogen) atoms. The Labute approximate surface area is 663 Å². The zero-order valence-corrected chi connectivity index (χ0v) is 50.6. The summed E-state index contributed by atoms with van der Waals surface area (Å²) in [4.78, 5) is 0. The lowest BCUT2D eigenvalue weighted by Crippen LogP contribution is -2.43. The Morgan fingerprint density at radius 3 is 0.663 bits per heavy atom. The maximum Gasteiger partial charge on any atom is 0.151 e. The fraction of sp³-hybridized carbons (Fsp3) is 1.00. The SMILES string of the molecule is C.C.C.C.C.C.C.C.C.C.C.C.C.C.C.C.C.C.C.C.C.C.C.C.C.CCCC(CCC(O)NCCOCCO)C(CCC)(CCC(O)NCCOCCO)C(CCC)CCC(O)NCCOCCO.CCCC(CCC(O)O)C(CCC)(CCC(O)O)C(CCC)CCC(O)O.NCCOCCO. The molecule has 0 saturated heterocycles. The Balaban J connectivity index is -0.0000000335. The van der Waals surface area contributed by atoms with E-state index in [1.54, 1.807) is 0 Å². The average Bonchev–Trinajstić information content (AvgIpc) is 0.805. The van der Waals surface area contributed by atoms with Gasteiger partial charge in [-0.2, -0.15) is 0 Å². The van der Waals surface area contributed by atoms with E-state index >= 15 is 0 Å². The van der Waals surface area contributed by atoms with Crippen LogP contribution in [-0.2, 0) is 18.9 Å². The van der Waals surface area contributed by atoms with Crippen molar-refractivity contribution in [1.29, 1.82) is 0 Å². The van der Waals surface area contributed by atoms with E-state index in [1.807, 2.05) is 0 Å². The second-order valence-electron chi connectivity index (χ2n) is 21.3.